The molecule has 204 valence electrons. The molecule has 1 amide bonds. The first-order valence-corrected chi connectivity index (χ1v) is 13.2. The minimum absolute atomic E-state index is 0.172. The zero-order valence-electron chi connectivity index (χ0n) is 22.5. The van der Waals surface area contributed by atoms with Crippen LogP contribution in [0.5, 0.6) is 17.2 Å². The fourth-order valence-corrected chi connectivity index (χ4v) is 5.27. The summed E-state index contributed by atoms with van der Waals surface area (Å²) in [5, 5.41) is 13.1. The van der Waals surface area contributed by atoms with Crippen LogP contribution in [0.4, 0.5) is 5.69 Å². The lowest BCUT2D eigenvalue weighted by Gasteiger charge is -2.11. The molecule has 1 heterocycles. The number of rotatable bonds is 7. The van der Waals surface area contributed by atoms with Gasteiger partial charge < -0.3 is 19.5 Å². The van der Waals surface area contributed by atoms with E-state index in [4.69, 9.17) is 25.8 Å². The summed E-state index contributed by atoms with van der Waals surface area (Å²) >= 11 is 7.24. The number of methoxy groups -OCH3 is 3. The van der Waals surface area contributed by atoms with E-state index in [1.807, 2.05) is 32.0 Å². The largest absolute Gasteiger partial charge is 0.496 e. The summed E-state index contributed by atoms with van der Waals surface area (Å²) in [6.45, 7) is 3.89. The molecule has 0 saturated carbocycles. The Morgan fingerprint density at radius 2 is 1.65 bits per heavy atom. The van der Waals surface area contributed by atoms with Gasteiger partial charge in [0, 0.05) is 11.6 Å². The smallest absolute Gasteiger partial charge is 0.273 e. The van der Waals surface area contributed by atoms with Gasteiger partial charge in [-0.15, -0.1) is 11.3 Å². The molecule has 4 aromatic rings. The molecule has 4 rings (SSSR count). The molecule has 0 aliphatic rings. The highest BCUT2D eigenvalue weighted by molar-refractivity contribution is 7.07. The molecule has 0 atom stereocenters. The van der Waals surface area contributed by atoms with Gasteiger partial charge in [0.25, 0.3) is 11.5 Å². The fraction of sp³-hybridized carbons (Fsp3) is 0.167. The number of ether oxygens (including phenoxy) is 3. The Hall–Kier alpha value is -4.52. The van der Waals surface area contributed by atoms with Gasteiger partial charge in [0.15, 0.2) is 17.1 Å². The molecule has 0 saturated heterocycles. The zero-order chi connectivity index (χ0) is 29.0. The van der Waals surface area contributed by atoms with Gasteiger partial charge in [-0.2, -0.15) is 5.26 Å². The Balaban J connectivity index is 2.03. The number of anilines is 1. The highest BCUT2D eigenvalue weighted by atomic mass is 35.5. The van der Waals surface area contributed by atoms with E-state index in [1.54, 1.807) is 48.5 Å². The van der Waals surface area contributed by atoms with Gasteiger partial charge in [-0.3, -0.25) is 14.2 Å². The topological polar surface area (TPSA) is 103 Å². The molecular weight excluding hydrogens is 550 g/mol. The van der Waals surface area contributed by atoms with Crippen LogP contribution in [0, 0.1) is 25.2 Å². The van der Waals surface area contributed by atoms with Crippen LogP contribution in [0.25, 0.3) is 17.3 Å². The number of nitrogens with one attached hydrogen (secondary N) is 1. The van der Waals surface area contributed by atoms with Crippen molar-refractivity contribution in [3.8, 4) is 29.0 Å². The van der Waals surface area contributed by atoms with Crippen molar-refractivity contribution in [2.24, 2.45) is 0 Å². The maximum Gasteiger partial charge on any atom is 0.273 e. The first-order valence-electron chi connectivity index (χ1n) is 12.0. The number of amides is 1. The van der Waals surface area contributed by atoms with Crippen LogP contribution in [0.1, 0.15) is 16.7 Å². The molecule has 0 fully saturated rings. The predicted octanol–water partition coefficient (Wildman–Crippen LogP) is 4.34. The predicted molar refractivity (Wildman–Crippen MR) is 157 cm³/mol. The maximum atomic E-state index is 13.9. The third kappa shape index (κ3) is 5.59. The van der Waals surface area contributed by atoms with Gasteiger partial charge in [0.1, 0.15) is 16.5 Å². The molecule has 8 nitrogen and oxygen atoms in total. The van der Waals surface area contributed by atoms with Crippen molar-refractivity contribution in [1.29, 1.82) is 5.26 Å². The quantitative estimate of drug-likeness (QED) is 0.352. The van der Waals surface area contributed by atoms with Gasteiger partial charge in [-0.1, -0.05) is 29.8 Å². The van der Waals surface area contributed by atoms with E-state index in [0.717, 1.165) is 22.5 Å². The molecular formula is C30H26ClN3O5S. The first kappa shape index (κ1) is 28.5. The molecule has 3 aromatic carbocycles. The molecule has 0 aliphatic heterocycles. The van der Waals surface area contributed by atoms with Gasteiger partial charge in [0.2, 0.25) is 0 Å². The van der Waals surface area contributed by atoms with Crippen LogP contribution in [-0.4, -0.2) is 31.8 Å². The Kier molecular flexibility index (Phi) is 8.63. The van der Waals surface area contributed by atoms with E-state index >= 15 is 0 Å². The van der Waals surface area contributed by atoms with Gasteiger partial charge in [-0.25, -0.2) is 0 Å². The number of carbonyl (C=O) groups is 1. The molecule has 40 heavy (non-hydrogen) atoms. The molecule has 1 aromatic heterocycles. The third-order valence-electron chi connectivity index (χ3n) is 6.27. The summed E-state index contributed by atoms with van der Waals surface area (Å²) < 4.78 is 18.1. The minimum Gasteiger partial charge on any atom is -0.496 e. The highest BCUT2D eigenvalue weighted by Gasteiger charge is 2.19. The molecule has 10 heteroatoms. The maximum absolute atomic E-state index is 13.9. The lowest BCUT2D eigenvalue weighted by atomic mass is 10.1. The average Bonchev–Trinajstić information content (AvgIpc) is 3.26. The highest BCUT2D eigenvalue weighted by Crippen LogP contribution is 2.35. The Morgan fingerprint density at radius 3 is 2.27 bits per heavy atom. The van der Waals surface area contributed by atoms with Crippen molar-refractivity contribution in [2.45, 2.75) is 13.8 Å². The van der Waals surface area contributed by atoms with Crippen molar-refractivity contribution in [2.75, 3.05) is 26.6 Å². The monoisotopic (exact) mass is 575 g/mol. The number of nitriles is 1. The Bertz CT molecular complexity index is 1840. The van der Waals surface area contributed by atoms with E-state index < -0.39 is 11.5 Å². The lowest BCUT2D eigenvalue weighted by Crippen LogP contribution is -2.32. The van der Waals surface area contributed by atoms with Crippen molar-refractivity contribution in [3.05, 3.63) is 95.9 Å². The van der Waals surface area contributed by atoms with Crippen LogP contribution in [0.2, 0.25) is 5.02 Å². The number of thiazole rings is 1. The summed E-state index contributed by atoms with van der Waals surface area (Å²) in [6.07, 6.45) is 1.63. The van der Waals surface area contributed by atoms with Crippen molar-refractivity contribution in [3.63, 3.8) is 0 Å². The third-order valence-corrected chi connectivity index (χ3v) is 7.69. The Morgan fingerprint density at radius 1 is 0.975 bits per heavy atom. The first-order chi connectivity index (χ1) is 19.2. The number of carbonyl (C=O) groups excluding carboxylic acids is 1. The number of hydrogen-bond acceptors (Lipinski definition) is 7. The molecule has 0 bridgehead atoms. The van der Waals surface area contributed by atoms with Crippen LogP contribution in [0.3, 0.4) is 0 Å². The van der Waals surface area contributed by atoms with Crippen LogP contribution >= 0.6 is 22.9 Å². The van der Waals surface area contributed by atoms with Crippen LogP contribution < -0.4 is 34.3 Å². The van der Waals surface area contributed by atoms with Crippen molar-refractivity contribution < 1.29 is 19.0 Å². The summed E-state index contributed by atoms with van der Waals surface area (Å²) in [6, 6.07) is 17.5. The van der Waals surface area contributed by atoms with Crippen molar-refractivity contribution in [1.82, 2.24) is 4.57 Å². The zero-order valence-corrected chi connectivity index (χ0v) is 24.1. The molecule has 0 radical (unpaired) electrons. The summed E-state index contributed by atoms with van der Waals surface area (Å²) in [5.41, 5.74) is 2.77. The van der Waals surface area contributed by atoms with Crippen LogP contribution in [-0.2, 0) is 4.79 Å². The van der Waals surface area contributed by atoms with Gasteiger partial charge in [0.05, 0.1) is 42.3 Å². The minimum atomic E-state index is -0.690. The Labute approximate surface area is 239 Å². The number of benzene rings is 3. The number of halogens is 1. The second-order valence-electron chi connectivity index (χ2n) is 8.69. The SMILES string of the molecule is COc1cc(OC)c(OC)cc1/C=c1\s/c(=C(/C#N)C(=O)Nc2ccccc2Cl)n(-c2ccc(C)c(C)c2)c1=O. The van der Waals surface area contributed by atoms with Gasteiger partial charge in [-0.05, 0) is 61.4 Å². The van der Waals surface area contributed by atoms with E-state index in [1.165, 1.54) is 25.9 Å². The average molecular weight is 576 g/mol. The standard InChI is InChI=1S/C30H26ClN3O5S/c1-17-10-11-20(12-18(17)2)34-29(36)27(14-19-13-25(38-4)26(39-5)15-24(19)37-3)40-30(34)21(16-32)28(35)33-23-9-7-6-8-22(23)31/h6-15H,1-5H3,(H,33,35)/b27-14-,30-21-. The fourth-order valence-electron chi connectivity index (χ4n) is 4.00. The number of aromatic nitrogens is 1. The lowest BCUT2D eigenvalue weighted by molar-refractivity contribution is -0.111. The number of nitrogens with zero attached hydrogens (tertiary/aromatic N) is 2. The summed E-state index contributed by atoms with van der Waals surface area (Å²) in [7, 11) is 4.53. The van der Waals surface area contributed by atoms with E-state index in [-0.39, 0.29) is 14.8 Å². The second-order valence-corrected chi connectivity index (χ2v) is 10.1. The molecule has 0 spiro atoms. The van der Waals surface area contributed by atoms with Crippen LogP contribution in [0.15, 0.2) is 59.4 Å². The number of aryl methyl sites for hydroxylation is 2. The molecule has 1 N–H and O–H groups in total. The number of para-hydroxylation sites is 1. The van der Waals surface area contributed by atoms with Crippen molar-refractivity contribution >= 4 is 46.2 Å². The molecule has 0 unspecified atom stereocenters. The van der Waals surface area contributed by atoms with E-state index in [2.05, 4.69) is 5.32 Å². The molecule has 0 aliphatic carbocycles. The van der Waals surface area contributed by atoms with E-state index in [0.29, 0.717) is 39.2 Å². The summed E-state index contributed by atoms with van der Waals surface area (Å²) in [4.78, 5) is 27.2. The normalized spacial score (nSPS) is 12.0. The second kappa shape index (κ2) is 12.1. The number of hydrogen-bond donors (Lipinski definition) is 1. The van der Waals surface area contributed by atoms with E-state index in [9.17, 15) is 14.9 Å². The summed E-state index contributed by atoms with van der Waals surface area (Å²) in [5.74, 6) is 0.673. The van der Waals surface area contributed by atoms with Gasteiger partial charge >= 0.3 is 0 Å².